The predicted molar refractivity (Wildman–Crippen MR) is 90.2 cm³/mol. The van der Waals surface area contributed by atoms with E-state index in [-0.39, 0.29) is 5.82 Å². The number of hydrogen-bond acceptors (Lipinski definition) is 5. The number of hydrogen-bond donors (Lipinski definition) is 1. The minimum atomic E-state index is -0.295. The average Bonchev–Trinajstić information content (AvgIpc) is 2.95. The van der Waals surface area contributed by atoms with E-state index in [2.05, 4.69) is 33.9 Å². The summed E-state index contributed by atoms with van der Waals surface area (Å²) < 4.78 is 18.7. The maximum absolute atomic E-state index is 13.2. The van der Waals surface area contributed by atoms with E-state index in [4.69, 9.17) is 4.42 Å². The lowest BCUT2D eigenvalue weighted by Crippen LogP contribution is -2.47. The molecule has 0 aliphatic carbocycles. The average molecular weight is 320 g/mol. The van der Waals surface area contributed by atoms with Crippen molar-refractivity contribution < 1.29 is 8.81 Å². The van der Waals surface area contributed by atoms with Gasteiger partial charge in [-0.15, -0.1) is 0 Å². The van der Waals surface area contributed by atoms with E-state index < -0.39 is 0 Å². The molecular weight excluding hydrogens is 295 g/mol. The van der Waals surface area contributed by atoms with Crippen LogP contribution in [0.3, 0.4) is 0 Å². The summed E-state index contributed by atoms with van der Waals surface area (Å²) in [5, 5.41) is 3.23. The summed E-state index contributed by atoms with van der Waals surface area (Å²) in [6.07, 6.45) is 0. The summed E-state index contributed by atoms with van der Waals surface area (Å²) in [4.78, 5) is 9.27. The van der Waals surface area contributed by atoms with E-state index in [0.29, 0.717) is 23.0 Å². The fourth-order valence-electron chi connectivity index (χ4n) is 3.03. The summed E-state index contributed by atoms with van der Waals surface area (Å²) in [5.41, 5.74) is 1.16. The number of anilines is 1. The maximum atomic E-state index is 13.2. The fraction of sp³-hybridized carbons (Fsp3) is 0.588. The number of piperazine rings is 1. The van der Waals surface area contributed by atoms with Crippen molar-refractivity contribution in [1.82, 2.24) is 14.8 Å². The van der Waals surface area contributed by atoms with E-state index in [0.717, 1.165) is 45.8 Å². The molecule has 6 heteroatoms. The zero-order valence-electron chi connectivity index (χ0n) is 13.9. The normalized spacial score (nSPS) is 18.4. The lowest BCUT2D eigenvalue weighted by atomic mass is 10.1. The number of nitrogens with one attached hydrogen (secondary N) is 1. The molecule has 1 aliphatic heterocycles. The third kappa shape index (κ3) is 4.20. The predicted octanol–water partition coefficient (Wildman–Crippen LogP) is 2.65. The standard InChI is InChI=1S/C17H25FN4O/c1-3-21-6-8-22(9-7-21)12-13(2)11-19-17-20-15-10-14(18)4-5-16(15)23-17/h4-5,10,13H,3,6-9,11-12H2,1-2H3,(H,19,20). The first-order valence-corrected chi connectivity index (χ1v) is 8.38. The van der Waals surface area contributed by atoms with Crippen molar-refractivity contribution in [3.05, 3.63) is 24.0 Å². The Morgan fingerprint density at radius 1 is 1.26 bits per heavy atom. The molecule has 2 heterocycles. The first-order chi connectivity index (χ1) is 11.1. The SMILES string of the molecule is CCN1CCN(CC(C)CNc2nc3cc(F)ccc3o2)CC1. The molecule has 0 saturated carbocycles. The van der Waals surface area contributed by atoms with Crippen molar-refractivity contribution in [2.45, 2.75) is 13.8 Å². The first kappa shape index (κ1) is 16.2. The highest BCUT2D eigenvalue weighted by Crippen LogP contribution is 2.19. The summed E-state index contributed by atoms with van der Waals surface area (Å²) in [5.74, 6) is 0.201. The van der Waals surface area contributed by atoms with Gasteiger partial charge in [-0.3, -0.25) is 0 Å². The van der Waals surface area contributed by atoms with Gasteiger partial charge >= 0.3 is 0 Å². The molecule has 1 aliphatic rings. The minimum Gasteiger partial charge on any atom is -0.424 e. The summed E-state index contributed by atoms with van der Waals surface area (Å²) in [6, 6.07) is 4.85. The van der Waals surface area contributed by atoms with E-state index in [1.54, 1.807) is 6.07 Å². The molecule has 1 aromatic carbocycles. The van der Waals surface area contributed by atoms with Crippen molar-refractivity contribution in [1.29, 1.82) is 0 Å². The van der Waals surface area contributed by atoms with Gasteiger partial charge in [-0.05, 0) is 24.6 Å². The number of fused-ring (bicyclic) bond motifs is 1. The van der Waals surface area contributed by atoms with Gasteiger partial charge in [-0.1, -0.05) is 13.8 Å². The van der Waals surface area contributed by atoms with Gasteiger partial charge in [0.25, 0.3) is 6.01 Å². The highest BCUT2D eigenvalue weighted by molar-refractivity contribution is 5.74. The Bertz CT molecular complexity index is 637. The Balaban J connectivity index is 1.47. The van der Waals surface area contributed by atoms with Crippen LogP contribution in [0, 0.1) is 11.7 Å². The molecule has 2 aromatic rings. The Kier molecular flexibility index (Phi) is 5.13. The van der Waals surface area contributed by atoms with Crippen LogP contribution in [0.5, 0.6) is 0 Å². The molecule has 5 nitrogen and oxygen atoms in total. The van der Waals surface area contributed by atoms with Crippen molar-refractivity contribution in [3.63, 3.8) is 0 Å². The van der Waals surface area contributed by atoms with Gasteiger partial charge in [0.05, 0.1) is 0 Å². The van der Waals surface area contributed by atoms with Crippen LogP contribution < -0.4 is 5.32 Å². The fourth-order valence-corrected chi connectivity index (χ4v) is 3.03. The van der Waals surface area contributed by atoms with Gasteiger partial charge in [0, 0.05) is 45.3 Å². The lowest BCUT2D eigenvalue weighted by Gasteiger charge is -2.35. The van der Waals surface area contributed by atoms with Crippen molar-refractivity contribution in [3.8, 4) is 0 Å². The summed E-state index contributed by atoms with van der Waals surface area (Å²) >= 11 is 0. The summed E-state index contributed by atoms with van der Waals surface area (Å²) in [7, 11) is 0. The molecular formula is C17H25FN4O. The first-order valence-electron chi connectivity index (χ1n) is 8.38. The second-order valence-corrected chi connectivity index (χ2v) is 6.35. The molecule has 23 heavy (non-hydrogen) atoms. The molecule has 0 spiro atoms. The van der Waals surface area contributed by atoms with Crippen LogP contribution in [-0.2, 0) is 0 Å². The zero-order valence-corrected chi connectivity index (χ0v) is 13.9. The highest BCUT2D eigenvalue weighted by atomic mass is 19.1. The molecule has 0 radical (unpaired) electrons. The van der Waals surface area contributed by atoms with E-state index >= 15 is 0 Å². The van der Waals surface area contributed by atoms with Crippen LogP contribution in [0.4, 0.5) is 10.4 Å². The van der Waals surface area contributed by atoms with Crippen molar-refractivity contribution in [2.24, 2.45) is 5.92 Å². The molecule has 3 rings (SSSR count). The topological polar surface area (TPSA) is 44.5 Å². The lowest BCUT2D eigenvalue weighted by molar-refractivity contribution is 0.126. The van der Waals surface area contributed by atoms with E-state index in [1.807, 2.05) is 0 Å². The number of likely N-dealkylation sites (N-methyl/N-ethyl adjacent to an activating group) is 1. The molecule has 1 saturated heterocycles. The Labute approximate surface area is 136 Å². The van der Waals surface area contributed by atoms with E-state index in [9.17, 15) is 4.39 Å². The number of rotatable bonds is 6. The minimum absolute atomic E-state index is 0.295. The molecule has 1 unspecified atom stereocenters. The Morgan fingerprint density at radius 3 is 2.74 bits per heavy atom. The Morgan fingerprint density at radius 2 is 2.00 bits per heavy atom. The third-order valence-corrected chi connectivity index (χ3v) is 4.43. The second kappa shape index (κ2) is 7.27. The van der Waals surface area contributed by atoms with Gasteiger partial charge < -0.3 is 19.5 Å². The number of aromatic nitrogens is 1. The van der Waals surface area contributed by atoms with Gasteiger partial charge in [-0.2, -0.15) is 4.98 Å². The summed E-state index contributed by atoms with van der Waals surface area (Å²) in [6.45, 7) is 12.0. The molecule has 0 amide bonds. The largest absolute Gasteiger partial charge is 0.424 e. The molecule has 0 bridgehead atoms. The molecule has 126 valence electrons. The Hall–Kier alpha value is -1.66. The maximum Gasteiger partial charge on any atom is 0.295 e. The monoisotopic (exact) mass is 320 g/mol. The van der Waals surface area contributed by atoms with Gasteiger partial charge in [0.1, 0.15) is 11.3 Å². The molecule has 1 atom stereocenters. The quantitative estimate of drug-likeness (QED) is 0.886. The van der Waals surface area contributed by atoms with Crippen LogP contribution in [0.25, 0.3) is 11.1 Å². The number of oxazole rings is 1. The number of halogens is 1. The number of benzene rings is 1. The van der Waals surface area contributed by atoms with Gasteiger partial charge in [-0.25, -0.2) is 4.39 Å². The number of nitrogens with zero attached hydrogens (tertiary/aromatic N) is 3. The molecule has 1 fully saturated rings. The molecule has 1 aromatic heterocycles. The van der Waals surface area contributed by atoms with Crippen LogP contribution in [-0.4, -0.2) is 60.6 Å². The van der Waals surface area contributed by atoms with Crippen molar-refractivity contribution >= 4 is 17.1 Å². The van der Waals surface area contributed by atoms with Crippen LogP contribution in [0.15, 0.2) is 22.6 Å². The van der Waals surface area contributed by atoms with Crippen LogP contribution >= 0.6 is 0 Å². The van der Waals surface area contributed by atoms with Crippen LogP contribution in [0.1, 0.15) is 13.8 Å². The smallest absolute Gasteiger partial charge is 0.295 e. The third-order valence-electron chi connectivity index (χ3n) is 4.43. The highest BCUT2D eigenvalue weighted by Gasteiger charge is 2.17. The molecule has 1 N–H and O–H groups in total. The second-order valence-electron chi connectivity index (χ2n) is 6.35. The van der Waals surface area contributed by atoms with Crippen LogP contribution in [0.2, 0.25) is 0 Å². The zero-order chi connectivity index (χ0) is 16.2. The van der Waals surface area contributed by atoms with Crippen molar-refractivity contribution in [2.75, 3.05) is 51.1 Å². The van der Waals surface area contributed by atoms with Gasteiger partial charge in [0.2, 0.25) is 0 Å². The van der Waals surface area contributed by atoms with E-state index in [1.165, 1.54) is 12.1 Å². The van der Waals surface area contributed by atoms with Gasteiger partial charge in [0.15, 0.2) is 5.58 Å².